The highest BCUT2D eigenvalue weighted by Gasteiger charge is 2.11. The van der Waals surface area contributed by atoms with Crippen molar-refractivity contribution in [1.82, 2.24) is 10.3 Å². The zero-order chi connectivity index (χ0) is 10.7. The maximum Gasteiger partial charge on any atom is 0.0630 e. The number of hydrogen-bond donors (Lipinski definition) is 2. The van der Waals surface area contributed by atoms with E-state index in [0.717, 1.165) is 30.2 Å². The summed E-state index contributed by atoms with van der Waals surface area (Å²) in [5.41, 5.74) is 8.00. The van der Waals surface area contributed by atoms with E-state index < -0.39 is 0 Å². The molecule has 80 valence electrons. The lowest BCUT2D eigenvalue weighted by molar-refractivity contribution is 0.626. The lowest BCUT2D eigenvalue weighted by Crippen LogP contribution is -2.38. The summed E-state index contributed by atoms with van der Waals surface area (Å²) in [6, 6.07) is 3.81. The van der Waals surface area contributed by atoms with Gasteiger partial charge in [-0.15, -0.1) is 0 Å². The van der Waals surface area contributed by atoms with Gasteiger partial charge in [0.2, 0.25) is 0 Å². The summed E-state index contributed by atoms with van der Waals surface area (Å²) in [7, 11) is 0. The Hall–Kier alpha value is -0.900. The fourth-order valence-corrected chi connectivity index (χ4v) is 1.89. The van der Waals surface area contributed by atoms with Crippen molar-refractivity contribution >= 4 is 11.6 Å². The fourth-order valence-electron chi connectivity index (χ4n) is 1.70. The van der Waals surface area contributed by atoms with Gasteiger partial charge in [-0.1, -0.05) is 23.3 Å². The van der Waals surface area contributed by atoms with E-state index in [1.807, 2.05) is 12.1 Å². The third-order valence-corrected chi connectivity index (χ3v) is 2.76. The summed E-state index contributed by atoms with van der Waals surface area (Å²) < 4.78 is 0. The second kappa shape index (κ2) is 4.75. The van der Waals surface area contributed by atoms with Gasteiger partial charge in [-0.05, 0) is 12.1 Å². The molecule has 0 aromatic carbocycles. The van der Waals surface area contributed by atoms with Crippen LogP contribution in [0.2, 0.25) is 5.02 Å². The zero-order valence-corrected chi connectivity index (χ0v) is 9.17. The summed E-state index contributed by atoms with van der Waals surface area (Å²) in [4.78, 5) is 4.26. The molecule has 0 saturated carbocycles. The smallest absolute Gasteiger partial charge is 0.0630 e. The molecule has 0 aliphatic carbocycles. The number of rotatable bonds is 2. The summed E-state index contributed by atoms with van der Waals surface area (Å²) >= 11 is 6.04. The molecule has 0 amide bonds. The number of pyridine rings is 1. The van der Waals surface area contributed by atoms with Crippen LogP contribution < -0.4 is 11.1 Å². The molecule has 1 unspecified atom stereocenters. The Labute approximate surface area is 94.3 Å². The SMILES string of the molecule is NC1C=C(Cc2ncccc2Cl)CNC1. The van der Waals surface area contributed by atoms with Crippen LogP contribution >= 0.6 is 11.6 Å². The number of halogens is 1. The van der Waals surface area contributed by atoms with E-state index in [1.54, 1.807) is 6.20 Å². The molecule has 1 aliphatic rings. The van der Waals surface area contributed by atoms with Crippen molar-refractivity contribution in [2.45, 2.75) is 12.5 Å². The molecule has 1 aliphatic heterocycles. The van der Waals surface area contributed by atoms with Crippen LogP contribution in [-0.4, -0.2) is 24.1 Å². The van der Waals surface area contributed by atoms with Crippen molar-refractivity contribution in [3.63, 3.8) is 0 Å². The number of nitrogens with zero attached hydrogens (tertiary/aromatic N) is 1. The van der Waals surface area contributed by atoms with Crippen molar-refractivity contribution in [2.75, 3.05) is 13.1 Å². The molecule has 3 N–H and O–H groups in total. The van der Waals surface area contributed by atoms with E-state index in [0.29, 0.717) is 0 Å². The molecule has 1 aromatic rings. The average Bonchev–Trinajstić information content (AvgIpc) is 2.22. The van der Waals surface area contributed by atoms with Crippen molar-refractivity contribution in [3.05, 3.63) is 40.7 Å². The first-order valence-electron chi connectivity index (χ1n) is 5.01. The minimum Gasteiger partial charge on any atom is -0.323 e. The molecule has 0 radical (unpaired) electrons. The van der Waals surface area contributed by atoms with Gasteiger partial charge in [-0.3, -0.25) is 4.98 Å². The molecule has 15 heavy (non-hydrogen) atoms. The largest absolute Gasteiger partial charge is 0.323 e. The molecular formula is C11H14ClN3. The third kappa shape index (κ3) is 2.78. The lowest BCUT2D eigenvalue weighted by atomic mass is 10.0. The van der Waals surface area contributed by atoms with Crippen LogP contribution in [0.15, 0.2) is 30.0 Å². The zero-order valence-electron chi connectivity index (χ0n) is 8.41. The summed E-state index contributed by atoms with van der Waals surface area (Å²) in [5, 5.41) is 3.98. The molecule has 0 fully saturated rings. The Kier molecular flexibility index (Phi) is 3.36. The minimum absolute atomic E-state index is 0.108. The van der Waals surface area contributed by atoms with Crippen molar-refractivity contribution in [2.24, 2.45) is 5.73 Å². The van der Waals surface area contributed by atoms with Crippen LogP contribution in [0, 0.1) is 0 Å². The van der Waals surface area contributed by atoms with Gasteiger partial charge < -0.3 is 11.1 Å². The van der Waals surface area contributed by atoms with Crippen LogP contribution in [0.25, 0.3) is 0 Å². The molecule has 0 bridgehead atoms. The van der Waals surface area contributed by atoms with Gasteiger partial charge in [0.1, 0.15) is 0 Å². The number of aromatic nitrogens is 1. The summed E-state index contributed by atoms with van der Waals surface area (Å²) in [6.07, 6.45) is 4.64. The Morgan fingerprint density at radius 3 is 3.20 bits per heavy atom. The molecule has 0 saturated heterocycles. The van der Waals surface area contributed by atoms with E-state index in [-0.39, 0.29) is 6.04 Å². The Morgan fingerprint density at radius 2 is 2.47 bits per heavy atom. The van der Waals surface area contributed by atoms with Gasteiger partial charge in [0.15, 0.2) is 0 Å². The van der Waals surface area contributed by atoms with Crippen molar-refractivity contribution < 1.29 is 0 Å². The first-order chi connectivity index (χ1) is 7.25. The normalized spacial score (nSPS) is 21.2. The predicted octanol–water partition coefficient (Wildman–Crippen LogP) is 1.13. The van der Waals surface area contributed by atoms with Gasteiger partial charge in [-0.2, -0.15) is 0 Å². The quantitative estimate of drug-likeness (QED) is 0.740. The Morgan fingerprint density at radius 1 is 1.60 bits per heavy atom. The van der Waals surface area contributed by atoms with E-state index in [9.17, 15) is 0 Å². The van der Waals surface area contributed by atoms with Gasteiger partial charge in [0.05, 0.1) is 10.7 Å². The molecule has 1 aromatic heterocycles. The summed E-state index contributed by atoms with van der Waals surface area (Å²) in [5.74, 6) is 0. The third-order valence-electron chi connectivity index (χ3n) is 2.41. The number of hydrogen-bond acceptors (Lipinski definition) is 3. The lowest BCUT2D eigenvalue weighted by Gasteiger charge is -2.19. The Bertz CT molecular complexity index is 376. The molecule has 4 heteroatoms. The molecular weight excluding hydrogens is 210 g/mol. The van der Waals surface area contributed by atoms with E-state index >= 15 is 0 Å². The van der Waals surface area contributed by atoms with Gasteiger partial charge in [0, 0.05) is 31.7 Å². The van der Waals surface area contributed by atoms with E-state index in [4.69, 9.17) is 17.3 Å². The molecule has 3 nitrogen and oxygen atoms in total. The molecule has 1 atom stereocenters. The minimum atomic E-state index is 0.108. The van der Waals surface area contributed by atoms with Crippen LogP contribution in [0.5, 0.6) is 0 Å². The van der Waals surface area contributed by atoms with Crippen LogP contribution in [0.3, 0.4) is 0 Å². The van der Waals surface area contributed by atoms with Gasteiger partial charge in [0.25, 0.3) is 0 Å². The number of nitrogens with one attached hydrogen (secondary N) is 1. The van der Waals surface area contributed by atoms with Gasteiger partial charge in [-0.25, -0.2) is 0 Å². The van der Waals surface area contributed by atoms with Crippen LogP contribution in [0.1, 0.15) is 5.69 Å². The predicted molar refractivity (Wildman–Crippen MR) is 61.9 cm³/mol. The van der Waals surface area contributed by atoms with Crippen molar-refractivity contribution in [3.8, 4) is 0 Å². The maximum absolute atomic E-state index is 6.04. The van der Waals surface area contributed by atoms with E-state index in [1.165, 1.54) is 5.57 Å². The van der Waals surface area contributed by atoms with Crippen molar-refractivity contribution in [1.29, 1.82) is 0 Å². The van der Waals surface area contributed by atoms with Crippen LogP contribution in [0.4, 0.5) is 0 Å². The monoisotopic (exact) mass is 223 g/mol. The molecule has 2 rings (SSSR count). The fraction of sp³-hybridized carbons (Fsp3) is 0.364. The first-order valence-corrected chi connectivity index (χ1v) is 5.39. The second-order valence-corrected chi connectivity index (χ2v) is 4.14. The second-order valence-electron chi connectivity index (χ2n) is 3.73. The average molecular weight is 224 g/mol. The first kappa shape index (κ1) is 10.6. The summed E-state index contributed by atoms with van der Waals surface area (Å²) in [6.45, 7) is 1.72. The topological polar surface area (TPSA) is 50.9 Å². The maximum atomic E-state index is 6.04. The highest BCUT2D eigenvalue weighted by atomic mass is 35.5. The van der Waals surface area contributed by atoms with E-state index in [2.05, 4.69) is 16.4 Å². The standard InChI is InChI=1S/C11H14ClN3/c12-10-2-1-3-15-11(10)5-8-4-9(13)7-14-6-8/h1-4,9,14H,5-7,13H2. The van der Waals surface area contributed by atoms with Crippen LogP contribution in [-0.2, 0) is 6.42 Å². The molecule has 2 heterocycles. The highest BCUT2D eigenvalue weighted by Crippen LogP contribution is 2.16. The number of nitrogens with two attached hydrogens (primary N) is 1. The van der Waals surface area contributed by atoms with Gasteiger partial charge >= 0.3 is 0 Å². The molecule has 0 spiro atoms. The highest BCUT2D eigenvalue weighted by molar-refractivity contribution is 6.31. The Balaban J connectivity index is 2.12.